The molecule has 2 aromatic rings. The fraction of sp³-hybridized carbons (Fsp3) is 0.214. The van der Waals surface area contributed by atoms with Gasteiger partial charge in [-0.3, -0.25) is 9.59 Å². The van der Waals surface area contributed by atoms with E-state index in [0.29, 0.717) is 12.1 Å². The normalized spacial score (nSPS) is 17.6. The molecule has 1 aromatic heterocycles. The Labute approximate surface area is 119 Å². The predicted octanol–water partition coefficient (Wildman–Crippen LogP) is 2.05. The molecule has 1 aliphatic heterocycles. The van der Waals surface area contributed by atoms with Gasteiger partial charge in [-0.05, 0) is 18.1 Å². The maximum absolute atomic E-state index is 12.5. The topological polar surface area (TPSA) is 70.5 Å². The van der Waals surface area contributed by atoms with E-state index in [4.69, 9.17) is 0 Å². The third-order valence-electron chi connectivity index (χ3n) is 3.40. The molecule has 0 radical (unpaired) electrons. The van der Waals surface area contributed by atoms with Gasteiger partial charge >= 0.3 is 5.97 Å². The van der Waals surface area contributed by atoms with Crippen molar-refractivity contribution in [2.45, 2.75) is 6.42 Å². The molecule has 1 atom stereocenters. The first-order valence-corrected chi connectivity index (χ1v) is 7.12. The van der Waals surface area contributed by atoms with Crippen LogP contribution in [-0.2, 0) is 11.2 Å². The van der Waals surface area contributed by atoms with Gasteiger partial charge in [0.05, 0.1) is 11.4 Å². The number of carbonyl (C=O) groups excluding carboxylic acids is 1. The van der Waals surface area contributed by atoms with Gasteiger partial charge in [0.1, 0.15) is 5.69 Å². The molecule has 0 saturated carbocycles. The molecule has 1 unspecified atom stereocenters. The van der Waals surface area contributed by atoms with Crippen LogP contribution in [0.25, 0.3) is 0 Å². The summed E-state index contributed by atoms with van der Waals surface area (Å²) in [6.45, 7) is 0.183. The van der Waals surface area contributed by atoms with Gasteiger partial charge in [0, 0.05) is 17.6 Å². The lowest BCUT2D eigenvalue weighted by Gasteiger charge is -2.32. The predicted molar refractivity (Wildman–Crippen MR) is 75.1 cm³/mol. The Morgan fingerprint density at radius 1 is 1.35 bits per heavy atom. The van der Waals surface area contributed by atoms with E-state index < -0.39 is 11.9 Å². The molecule has 1 N–H and O–H groups in total. The summed E-state index contributed by atoms with van der Waals surface area (Å²) in [6, 6.07) is 7.42. The highest BCUT2D eigenvalue weighted by Crippen LogP contribution is 2.30. The molecule has 1 aliphatic rings. The number of hydrogen-bond acceptors (Lipinski definition) is 4. The summed E-state index contributed by atoms with van der Waals surface area (Å²) in [6.07, 6.45) is 0.451. The average molecular weight is 288 g/mol. The lowest BCUT2D eigenvalue weighted by atomic mass is 9.92. The molecule has 6 heteroatoms. The second kappa shape index (κ2) is 5.05. The molecule has 3 rings (SSSR count). The number of aliphatic carboxylic acids is 1. The number of benzene rings is 1. The Bertz CT molecular complexity index is 654. The van der Waals surface area contributed by atoms with E-state index in [1.807, 2.05) is 24.3 Å². The highest BCUT2D eigenvalue weighted by molar-refractivity contribution is 7.07. The summed E-state index contributed by atoms with van der Waals surface area (Å²) in [7, 11) is 0. The van der Waals surface area contributed by atoms with Gasteiger partial charge in [0.15, 0.2) is 0 Å². The van der Waals surface area contributed by atoms with Crippen LogP contribution in [0, 0.1) is 5.92 Å². The molecular weight excluding hydrogens is 276 g/mol. The number of fused-ring (bicyclic) bond motifs is 1. The van der Waals surface area contributed by atoms with Gasteiger partial charge < -0.3 is 10.0 Å². The van der Waals surface area contributed by atoms with Gasteiger partial charge in [-0.1, -0.05) is 18.2 Å². The third kappa shape index (κ3) is 2.18. The smallest absolute Gasteiger partial charge is 0.308 e. The zero-order valence-electron chi connectivity index (χ0n) is 10.5. The van der Waals surface area contributed by atoms with Crippen LogP contribution in [0.3, 0.4) is 0 Å². The van der Waals surface area contributed by atoms with Crippen LogP contribution in [-0.4, -0.2) is 28.5 Å². The number of carbonyl (C=O) groups is 2. The van der Waals surface area contributed by atoms with Crippen molar-refractivity contribution in [3.05, 3.63) is 46.4 Å². The minimum atomic E-state index is -0.879. The molecule has 0 spiro atoms. The Morgan fingerprint density at radius 3 is 2.85 bits per heavy atom. The van der Waals surface area contributed by atoms with E-state index in [0.717, 1.165) is 11.3 Å². The molecule has 0 fully saturated rings. The number of carboxylic acid groups (broad SMARTS) is 1. The zero-order valence-corrected chi connectivity index (χ0v) is 11.3. The molecule has 5 nitrogen and oxygen atoms in total. The van der Waals surface area contributed by atoms with Gasteiger partial charge in [-0.25, -0.2) is 4.98 Å². The number of anilines is 1. The molecular formula is C14H12N2O3S. The zero-order chi connectivity index (χ0) is 14.1. The van der Waals surface area contributed by atoms with Crippen molar-refractivity contribution in [2.24, 2.45) is 5.92 Å². The molecule has 1 aromatic carbocycles. The second-order valence-electron chi connectivity index (χ2n) is 4.66. The first-order valence-electron chi connectivity index (χ1n) is 6.17. The maximum Gasteiger partial charge on any atom is 0.308 e. The van der Waals surface area contributed by atoms with E-state index >= 15 is 0 Å². The molecule has 2 heterocycles. The Kier molecular flexibility index (Phi) is 3.23. The van der Waals surface area contributed by atoms with Gasteiger partial charge in [0.25, 0.3) is 5.91 Å². The van der Waals surface area contributed by atoms with Crippen LogP contribution in [0.5, 0.6) is 0 Å². The summed E-state index contributed by atoms with van der Waals surface area (Å²) in [4.78, 5) is 29.3. The van der Waals surface area contributed by atoms with Crippen LogP contribution in [0.4, 0.5) is 5.69 Å². The maximum atomic E-state index is 12.5. The van der Waals surface area contributed by atoms with Crippen LogP contribution in [0.1, 0.15) is 16.1 Å². The third-order valence-corrected chi connectivity index (χ3v) is 3.98. The molecule has 102 valence electrons. The van der Waals surface area contributed by atoms with Crippen LogP contribution < -0.4 is 4.90 Å². The number of thiazole rings is 1. The van der Waals surface area contributed by atoms with E-state index in [2.05, 4.69) is 4.98 Å². The molecule has 0 saturated heterocycles. The van der Waals surface area contributed by atoms with Gasteiger partial charge in [-0.2, -0.15) is 0 Å². The fourth-order valence-electron chi connectivity index (χ4n) is 2.41. The molecule has 0 aliphatic carbocycles. The number of amides is 1. The second-order valence-corrected chi connectivity index (χ2v) is 5.38. The Morgan fingerprint density at radius 2 is 2.15 bits per heavy atom. The summed E-state index contributed by atoms with van der Waals surface area (Å²) < 4.78 is 0. The highest BCUT2D eigenvalue weighted by Gasteiger charge is 2.32. The fourth-order valence-corrected chi connectivity index (χ4v) is 2.94. The minimum absolute atomic E-state index is 0.183. The number of para-hydroxylation sites is 1. The highest BCUT2D eigenvalue weighted by atomic mass is 32.1. The van der Waals surface area contributed by atoms with Crippen molar-refractivity contribution in [3.8, 4) is 0 Å². The van der Waals surface area contributed by atoms with Crippen molar-refractivity contribution < 1.29 is 14.7 Å². The van der Waals surface area contributed by atoms with E-state index in [9.17, 15) is 14.7 Å². The monoisotopic (exact) mass is 288 g/mol. The number of carboxylic acids is 1. The lowest BCUT2D eigenvalue weighted by molar-refractivity contribution is -0.141. The van der Waals surface area contributed by atoms with Crippen LogP contribution in [0.15, 0.2) is 35.2 Å². The molecule has 1 amide bonds. The van der Waals surface area contributed by atoms with Gasteiger partial charge in [0.2, 0.25) is 0 Å². The first-order chi connectivity index (χ1) is 9.66. The minimum Gasteiger partial charge on any atom is -0.481 e. The van der Waals surface area contributed by atoms with Crippen LogP contribution in [0.2, 0.25) is 0 Å². The largest absolute Gasteiger partial charge is 0.481 e. The lowest BCUT2D eigenvalue weighted by Crippen LogP contribution is -2.42. The average Bonchev–Trinajstić information content (AvgIpc) is 2.99. The quantitative estimate of drug-likeness (QED) is 0.918. The first kappa shape index (κ1) is 12.8. The number of nitrogens with zero attached hydrogens (tertiary/aromatic N) is 2. The Balaban J connectivity index is 2.01. The van der Waals surface area contributed by atoms with E-state index in [-0.39, 0.29) is 12.5 Å². The number of aromatic nitrogens is 1. The van der Waals surface area contributed by atoms with Crippen molar-refractivity contribution in [3.63, 3.8) is 0 Å². The molecule has 20 heavy (non-hydrogen) atoms. The van der Waals surface area contributed by atoms with Gasteiger partial charge in [-0.15, -0.1) is 11.3 Å². The summed E-state index contributed by atoms with van der Waals surface area (Å²) >= 11 is 1.35. The number of hydrogen-bond donors (Lipinski definition) is 1. The summed E-state index contributed by atoms with van der Waals surface area (Å²) in [5.41, 5.74) is 3.62. The number of rotatable bonds is 2. The van der Waals surface area contributed by atoms with E-state index in [1.54, 1.807) is 10.9 Å². The molecule has 0 bridgehead atoms. The SMILES string of the molecule is O=C(O)C1Cc2ccccc2N(C(=O)c2cscn2)C1. The van der Waals surface area contributed by atoms with Crippen molar-refractivity contribution in [2.75, 3.05) is 11.4 Å². The van der Waals surface area contributed by atoms with Crippen LogP contribution >= 0.6 is 11.3 Å². The van der Waals surface area contributed by atoms with E-state index in [1.165, 1.54) is 16.2 Å². The summed E-state index contributed by atoms with van der Waals surface area (Å²) in [5, 5.41) is 10.9. The van der Waals surface area contributed by atoms with Crippen molar-refractivity contribution >= 4 is 28.9 Å². The van der Waals surface area contributed by atoms with Crippen molar-refractivity contribution in [1.82, 2.24) is 4.98 Å². The summed E-state index contributed by atoms with van der Waals surface area (Å²) in [5.74, 6) is -1.70. The Hall–Kier alpha value is -2.21. The van der Waals surface area contributed by atoms with Crippen molar-refractivity contribution in [1.29, 1.82) is 0 Å². The standard InChI is InChI=1S/C14H12N2O3S/c17-13(11-7-20-8-15-11)16-6-10(14(18)19)5-9-3-1-2-4-12(9)16/h1-4,7-8,10H,5-6H2,(H,18,19).